The zero-order valence-electron chi connectivity index (χ0n) is 6.89. The number of nitrogens with zero attached hydrogens (tertiary/aromatic N) is 1. The highest BCUT2D eigenvalue weighted by molar-refractivity contribution is 5.91. The lowest BCUT2D eigenvalue weighted by Gasteiger charge is -2.06. The van der Waals surface area contributed by atoms with Gasteiger partial charge in [0.1, 0.15) is 0 Å². The summed E-state index contributed by atoms with van der Waals surface area (Å²) in [5.74, 6) is 0.0751. The van der Waals surface area contributed by atoms with Crippen LogP contribution < -0.4 is 5.73 Å². The summed E-state index contributed by atoms with van der Waals surface area (Å²) in [4.78, 5) is 0. The molecule has 0 saturated carbocycles. The second-order valence-electron chi connectivity index (χ2n) is 2.83. The second kappa shape index (κ2) is 2.63. The summed E-state index contributed by atoms with van der Waals surface area (Å²) in [6, 6.07) is 3.78. The van der Waals surface area contributed by atoms with Gasteiger partial charge in [-0.3, -0.25) is 5.10 Å². The minimum atomic E-state index is -4.39. The van der Waals surface area contributed by atoms with E-state index < -0.39 is 11.7 Å². The summed E-state index contributed by atoms with van der Waals surface area (Å²) in [5.41, 5.74) is 4.56. The van der Waals surface area contributed by atoms with Crippen molar-refractivity contribution in [1.29, 1.82) is 0 Å². The molecule has 3 N–H and O–H groups in total. The van der Waals surface area contributed by atoms with Crippen molar-refractivity contribution in [3.05, 3.63) is 23.8 Å². The van der Waals surface area contributed by atoms with Crippen molar-refractivity contribution >= 4 is 16.7 Å². The average molecular weight is 201 g/mol. The Morgan fingerprint density at radius 1 is 1.29 bits per heavy atom. The van der Waals surface area contributed by atoms with Crippen LogP contribution in [-0.4, -0.2) is 10.2 Å². The van der Waals surface area contributed by atoms with Gasteiger partial charge in [0.15, 0.2) is 5.82 Å². The first-order valence-electron chi connectivity index (χ1n) is 3.80. The van der Waals surface area contributed by atoms with E-state index in [0.29, 0.717) is 5.39 Å². The number of anilines is 1. The number of para-hydroxylation sites is 1. The van der Waals surface area contributed by atoms with Crippen molar-refractivity contribution in [1.82, 2.24) is 10.2 Å². The topological polar surface area (TPSA) is 54.7 Å². The van der Waals surface area contributed by atoms with Crippen LogP contribution in [0.3, 0.4) is 0 Å². The van der Waals surface area contributed by atoms with Crippen LogP contribution in [0.15, 0.2) is 18.2 Å². The first kappa shape index (κ1) is 8.86. The van der Waals surface area contributed by atoms with Gasteiger partial charge in [-0.15, -0.1) is 0 Å². The van der Waals surface area contributed by atoms with Crippen LogP contribution in [-0.2, 0) is 6.18 Å². The van der Waals surface area contributed by atoms with Crippen LogP contribution in [0.25, 0.3) is 10.9 Å². The van der Waals surface area contributed by atoms with Crippen LogP contribution in [0.4, 0.5) is 19.0 Å². The minimum Gasteiger partial charge on any atom is -0.382 e. The predicted octanol–water partition coefficient (Wildman–Crippen LogP) is 2.16. The molecule has 2 rings (SSSR count). The Bertz CT molecular complexity index is 472. The van der Waals surface area contributed by atoms with Gasteiger partial charge in [-0.2, -0.15) is 18.3 Å². The van der Waals surface area contributed by atoms with Gasteiger partial charge < -0.3 is 5.73 Å². The third kappa shape index (κ3) is 1.19. The number of nitrogen functional groups attached to an aromatic ring is 1. The summed E-state index contributed by atoms with van der Waals surface area (Å²) in [5, 5.41) is 6.08. The van der Waals surface area contributed by atoms with E-state index in [1.165, 1.54) is 12.1 Å². The number of aromatic amines is 1. The lowest BCUT2D eigenvalue weighted by molar-refractivity contribution is -0.136. The fraction of sp³-hybridized carbons (Fsp3) is 0.125. The molecular weight excluding hydrogens is 195 g/mol. The van der Waals surface area contributed by atoms with E-state index in [2.05, 4.69) is 10.2 Å². The monoisotopic (exact) mass is 201 g/mol. The first-order chi connectivity index (χ1) is 6.50. The SMILES string of the molecule is Nc1n[nH]c2c(C(F)(F)F)cccc12. The Morgan fingerprint density at radius 2 is 2.00 bits per heavy atom. The van der Waals surface area contributed by atoms with Gasteiger partial charge in [-0.1, -0.05) is 6.07 Å². The standard InChI is InChI=1S/C8H6F3N3/c9-8(10,11)5-3-1-2-4-6(5)13-14-7(4)12/h1-3H,(H3,12,13,14). The lowest BCUT2D eigenvalue weighted by atomic mass is 10.1. The van der Waals surface area contributed by atoms with Gasteiger partial charge in [-0.05, 0) is 12.1 Å². The van der Waals surface area contributed by atoms with E-state index in [1.807, 2.05) is 0 Å². The number of nitrogens with one attached hydrogen (secondary N) is 1. The van der Waals surface area contributed by atoms with Crippen molar-refractivity contribution in [3.8, 4) is 0 Å². The molecule has 2 aromatic rings. The first-order valence-corrected chi connectivity index (χ1v) is 3.80. The van der Waals surface area contributed by atoms with E-state index >= 15 is 0 Å². The molecule has 0 saturated heterocycles. The molecule has 0 amide bonds. The van der Waals surface area contributed by atoms with Crippen LogP contribution in [0.1, 0.15) is 5.56 Å². The summed E-state index contributed by atoms with van der Waals surface area (Å²) < 4.78 is 37.3. The Morgan fingerprint density at radius 3 is 2.64 bits per heavy atom. The molecule has 0 bridgehead atoms. The Labute approximate surface area is 76.7 Å². The average Bonchev–Trinajstić information content (AvgIpc) is 2.46. The van der Waals surface area contributed by atoms with E-state index in [9.17, 15) is 13.2 Å². The van der Waals surface area contributed by atoms with Crippen molar-refractivity contribution in [2.45, 2.75) is 6.18 Å². The second-order valence-corrected chi connectivity index (χ2v) is 2.83. The lowest BCUT2D eigenvalue weighted by Crippen LogP contribution is -2.05. The summed E-state index contributed by atoms with van der Waals surface area (Å²) >= 11 is 0. The van der Waals surface area contributed by atoms with Crippen molar-refractivity contribution < 1.29 is 13.2 Å². The van der Waals surface area contributed by atoms with Gasteiger partial charge in [0.25, 0.3) is 0 Å². The molecule has 0 unspecified atom stereocenters. The number of H-pyrrole nitrogens is 1. The number of nitrogens with two attached hydrogens (primary N) is 1. The number of rotatable bonds is 0. The fourth-order valence-corrected chi connectivity index (χ4v) is 1.30. The molecule has 0 aliphatic rings. The van der Waals surface area contributed by atoms with Crippen LogP contribution >= 0.6 is 0 Å². The third-order valence-corrected chi connectivity index (χ3v) is 1.93. The summed E-state index contributed by atoms with van der Waals surface area (Å²) in [6.45, 7) is 0. The van der Waals surface area contributed by atoms with Crippen LogP contribution in [0.5, 0.6) is 0 Å². The number of benzene rings is 1. The molecule has 1 aromatic heterocycles. The van der Waals surface area contributed by atoms with Gasteiger partial charge in [-0.25, -0.2) is 0 Å². The third-order valence-electron chi connectivity index (χ3n) is 1.93. The Balaban J connectivity index is 2.79. The maximum absolute atomic E-state index is 12.4. The van der Waals surface area contributed by atoms with Gasteiger partial charge >= 0.3 is 6.18 Å². The molecule has 0 aliphatic carbocycles. The van der Waals surface area contributed by atoms with Crippen LogP contribution in [0, 0.1) is 0 Å². The minimum absolute atomic E-state index is 0.0718. The molecule has 6 heteroatoms. The molecule has 0 fully saturated rings. The van der Waals surface area contributed by atoms with E-state index in [-0.39, 0.29) is 11.3 Å². The maximum Gasteiger partial charge on any atom is 0.418 e. The zero-order valence-corrected chi connectivity index (χ0v) is 6.89. The maximum atomic E-state index is 12.4. The molecule has 74 valence electrons. The highest BCUT2D eigenvalue weighted by Gasteiger charge is 2.33. The summed E-state index contributed by atoms with van der Waals surface area (Å²) in [7, 11) is 0. The molecule has 0 radical (unpaired) electrons. The summed E-state index contributed by atoms with van der Waals surface area (Å²) in [6.07, 6.45) is -4.39. The van der Waals surface area contributed by atoms with E-state index in [0.717, 1.165) is 6.07 Å². The van der Waals surface area contributed by atoms with Gasteiger partial charge in [0, 0.05) is 5.39 Å². The quantitative estimate of drug-likeness (QED) is 0.686. The predicted molar refractivity (Wildman–Crippen MR) is 45.5 cm³/mol. The number of hydrogen-bond donors (Lipinski definition) is 2. The van der Waals surface area contributed by atoms with Gasteiger partial charge in [0.05, 0.1) is 11.1 Å². The van der Waals surface area contributed by atoms with Crippen molar-refractivity contribution in [3.63, 3.8) is 0 Å². The molecule has 3 nitrogen and oxygen atoms in total. The Kier molecular flexibility index (Phi) is 1.67. The molecule has 0 spiro atoms. The van der Waals surface area contributed by atoms with E-state index in [1.54, 1.807) is 0 Å². The highest BCUT2D eigenvalue weighted by atomic mass is 19.4. The van der Waals surface area contributed by atoms with Crippen molar-refractivity contribution in [2.75, 3.05) is 5.73 Å². The van der Waals surface area contributed by atoms with Crippen LogP contribution in [0.2, 0.25) is 0 Å². The zero-order chi connectivity index (χ0) is 10.3. The normalized spacial score (nSPS) is 12.2. The number of halogens is 3. The van der Waals surface area contributed by atoms with Gasteiger partial charge in [0.2, 0.25) is 0 Å². The van der Waals surface area contributed by atoms with Crippen molar-refractivity contribution in [2.24, 2.45) is 0 Å². The number of alkyl halides is 3. The molecular formula is C8H6F3N3. The largest absolute Gasteiger partial charge is 0.418 e. The smallest absolute Gasteiger partial charge is 0.382 e. The molecule has 1 aromatic carbocycles. The molecule has 0 atom stereocenters. The molecule has 0 aliphatic heterocycles. The number of hydrogen-bond acceptors (Lipinski definition) is 2. The highest BCUT2D eigenvalue weighted by Crippen LogP contribution is 2.34. The molecule has 14 heavy (non-hydrogen) atoms. The fourth-order valence-electron chi connectivity index (χ4n) is 1.30. The number of fused-ring (bicyclic) bond motifs is 1. The van der Waals surface area contributed by atoms with E-state index in [4.69, 9.17) is 5.73 Å². The Hall–Kier alpha value is -1.72. The number of aromatic nitrogens is 2. The molecule has 1 heterocycles.